The van der Waals surface area contributed by atoms with Gasteiger partial charge in [-0.15, -0.1) is 0 Å². The van der Waals surface area contributed by atoms with Crippen molar-refractivity contribution < 1.29 is 19.1 Å². The van der Waals surface area contributed by atoms with Crippen molar-refractivity contribution in [1.82, 2.24) is 4.90 Å². The van der Waals surface area contributed by atoms with Crippen molar-refractivity contribution in [2.75, 3.05) is 27.3 Å². The Morgan fingerprint density at radius 2 is 2.47 bits per heavy atom. The number of methoxy groups -OCH3 is 1. The molecular weight excluding hydrogens is 222 g/mol. The number of hydrogen-bond donors (Lipinski definition) is 1. The highest BCUT2D eigenvalue weighted by atomic mass is 16.5. The van der Waals surface area contributed by atoms with Crippen LogP contribution in [0.15, 0.2) is 28.9 Å². The van der Waals surface area contributed by atoms with E-state index >= 15 is 0 Å². The number of carbonyl (C=O) groups excluding carboxylic acids is 1. The van der Waals surface area contributed by atoms with Crippen LogP contribution < -0.4 is 0 Å². The number of aliphatic hydroxyl groups is 1. The summed E-state index contributed by atoms with van der Waals surface area (Å²) in [6.07, 6.45) is 3.85. The molecule has 17 heavy (non-hydrogen) atoms. The normalized spacial score (nSPS) is 12.9. The van der Waals surface area contributed by atoms with Crippen molar-refractivity contribution in [3.05, 3.63) is 30.2 Å². The molecule has 0 aliphatic heterocycles. The molecule has 1 heterocycles. The summed E-state index contributed by atoms with van der Waals surface area (Å²) in [7, 11) is 3.12. The predicted molar refractivity (Wildman–Crippen MR) is 63.3 cm³/mol. The molecule has 5 heteroatoms. The Morgan fingerprint density at radius 3 is 3.06 bits per heavy atom. The average Bonchev–Trinajstić information content (AvgIpc) is 2.78. The zero-order valence-corrected chi connectivity index (χ0v) is 10.00. The van der Waals surface area contributed by atoms with Gasteiger partial charge in [-0.2, -0.15) is 0 Å². The highest BCUT2D eigenvalue weighted by molar-refractivity contribution is 5.91. The lowest BCUT2D eigenvalue weighted by Crippen LogP contribution is -2.35. The number of ether oxygens (including phenoxy) is 1. The van der Waals surface area contributed by atoms with Crippen molar-refractivity contribution in [1.29, 1.82) is 0 Å². The van der Waals surface area contributed by atoms with Gasteiger partial charge in [0.05, 0.1) is 19.0 Å². The Balaban J connectivity index is 2.41. The molecule has 0 bridgehead atoms. The number of furan rings is 1. The van der Waals surface area contributed by atoms with Gasteiger partial charge in [-0.3, -0.25) is 4.79 Å². The highest BCUT2D eigenvalue weighted by Crippen LogP contribution is 2.03. The van der Waals surface area contributed by atoms with Gasteiger partial charge in [0, 0.05) is 26.8 Å². The molecule has 0 fully saturated rings. The van der Waals surface area contributed by atoms with Gasteiger partial charge in [0.15, 0.2) is 0 Å². The molecule has 0 aromatic carbocycles. The maximum Gasteiger partial charge on any atom is 0.246 e. The van der Waals surface area contributed by atoms with Crippen molar-refractivity contribution in [3.63, 3.8) is 0 Å². The summed E-state index contributed by atoms with van der Waals surface area (Å²) in [6, 6.07) is 3.50. The molecule has 0 spiro atoms. The number of nitrogens with zero attached hydrogens (tertiary/aromatic N) is 1. The minimum Gasteiger partial charge on any atom is -0.465 e. The van der Waals surface area contributed by atoms with Crippen molar-refractivity contribution in [2.45, 2.75) is 6.10 Å². The van der Waals surface area contributed by atoms with Gasteiger partial charge < -0.3 is 19.2 Å². The number of carbonyl (C=O) groups is 1. The molecule has 1 rings (SSSR count). The Morgan fingerprint density at radius 1 is 1.71 bits per heavy atom. The number of amides is 1. The second kappa shape index (κ2) is 6.88. The molecular formula is C12H17NO4. The van der Waals surface area contributed by atoms with Crippen LogP contribution >= 0.6 is 0 Å². The molecule has 0 aliphatic carbocycles. The fourth-order valence-electron chi connectivity index (χ4n) is 1.32. The molecule has 1 amide bonds. The van der Waals surface area contributed by atoms with E-state index in [9.17, 15) is 9.90 Å². The van der Waals surface area contributed by atoms with Crippen LogP contribution in [0.25, 0.3) is 6.08 Å². The Kier molecular flexibility index (Phi) is 5.45. The zero-order chi connectivity index (χ0) is 12.7. The van der Waals surface area contributed by atoms with E-state index in [1.54, 1.807) is 25.3 Å². The SMILES string of the molecule is COCC(O)CN(C)C(=O)C=Cc1ccco1. The lowest BCUT2D eigenvalue weighted by atomic mass is 10.3. The third-order valence-corrected chi connectivity index (χ3v) is 2.15. The molecule has 94 valence electrons. The van der Waals surface area contributed by atoms with Gasteiger partial charge in [-0.05, 0) is 18.2 Å². The number of aliphatic hydroxyl groups excluding tert-OH is 1. The third kappa shape index (κ3) is 4.84. The van der Waals surface area contributed by atoms with E-state index in [4.69, 9.17) is 9.15 Å². The van der Waals surface area contributed by atoms with Crippen LogP contribution in [0.2, 0.25) is 0 Å². The van der Waals surface area contributed by atoms with Gasteiger partial charge in [0.1, 0.15) is 5.76 Å². The summed E-state index contributed by atoms with van der Waals surface area (Å²) in [4.78, 5) is 13.0. The molecule has 1 aromatic rings. The summed E-state index contributed by atoms with van der Waals surface area (Å²) in [6.45, 7) is 0.439. The van der Waals surface area contributed by atoms with Crippen LogP contribution in [-0.4, -0.2) is 49.3 Å². The maximum absolute atomic E-state index is 11.6. The van der Waals surface area contributed by atoms with Crippen molar-refractivity contribution >= 4 is 12.0 Å². The maximum atomic E-state index is 11.6. The average molecular weight is 239 g/mol. The lowest BCUT2D eigenvalue weighted by Gasteiger charge is -2.18. The van der Waals surface area contributed by atoms with Crippen LogP contribution in [0, 0.1) is 0 Å². The van der Waals surface area contributed by atoms with Crippen molar-refractivity contribution in [3.8, 4) is 0 Å². The van der Waals surface area contributed by atoms with Crippen LogP contribution in [-0.2, 0) is 9.53 Å². The van der Waals surface area contributed by atoms with Gasteiger partial charge in [-0.1, -0.05) is 0 Å². The summed E-state index contributed by atoms with van der Waals surface area (Å²) < 4.78 is 9.84. The Labute approximate surface area is 100 Å². The van der Waals surface area contributed by atoms with E-state index in [1.165, 1.54) is 24.3 Å². The summed E-state index contributed by atoms with van der Waals surface area (Å²) in [5.74, 6) is 0.417. The van der Waals surface area contributed by atoms with Crippen LogP contribution in [0.3, 0.4) is 0 Å². The smallest absolute Gasteiger partial charge is 0.246 e. The first kappa shape index (κ1) is 13.5. The fourth-order valence-corrected chi connectivity index (χ4v) is 1.32. The number of rotatable bonds is 6. The lowest BCUT2D eigenvalue weighted by molar-refractivity contribution is -0.126. The minimum atomic E-state index is -0.675. The third-order valence-electron chi connectivity index (χ3n) is 2.15. The van der Waals surface area contributed by atoms with E-state index < -0.39 is 6.10 Å². The summed E-state index contributed by atoms with van der Waals surface area (Å²) in [5, 5.41) is 9.46. The molecule has 1 atom stereocenters. The van der Waals surface area contributed by atoms with E-state index in [-0.39, 0.29) is 19.1 Å². The molecule has 5 nitrogen and oxygen atoms in total. The first-order valence-corrected chi connectivity index (χ1v) is 5.27. The molecule has 1 N–H and O–H groups in total. The topological polar surface area (TPSA) is 62.9 Å². The molecule has 1 unspecified atom stereocenters. The first-order valence-electron chi connectivity index (χ1n) is 5.27. The minimum absolute atomic E-state index is 0.198. The highest BCUT2D eigenvalue weighted by Gasteiger charge is 2.11. The standard InChI is InChI=1S/C12H17NO4/c1-13(8-10(14)9-16-2)12(15)6-5-11-4-3-7-17-11/h3-7,10,14H,8-9H2,1-2H3. The number of likely N-dealkylation sites (N-methyl/N-ethyl adjacent to an activating group) is 1. The van der Waals surface area contributed by atoms with Crippen LogP contribution in [0.5, 0.6) is 0 Å². The second-order valence-electron chi connectivity index (χ2n) is 3.68. The Bertz CT molecular complexity index is 359. The summed E-state index contributed by atoms with van der Waals surface area (Å²) >= 11 is 0. The van der Waals surface area contributed by atoms with Crippen LogP contribution in [0.1, 0.15) is 5.76 Å². The van der Waals surface area contributed by atoms with Gasteiger partial charge in [0.2, 0.25) is 5.91 Å². The van der Waals surface area contributed by atoms with E-state index in [2.05, 4.69) is 0 Å². The molecule has 1 aromatic heterocycles. The van der Waals surface area contributed by atoms with E-state index in [0.717, 1.165) is 0 Å². The molecule has 0 aliphatic rings. The van der Waals surface area contributed by atoms with E-state index in [1.807, 2.05) is 0 Å². The Hall–Kier alpha value is -1.59. The molecule has 0 saturated carbocycles. The zero-order valence-electron chi connectivity index (χ0n) is 10.00. The quantitative estimate of drug-likeness (QED) is 0.744. The van der Waals surface area contributed by atoms with Gasteiger partial charge in [-0.25, -0.2) is 0 Å². The molecule has 0 radical (unpaired) electrons. The van der Waals surface area contributed by atoms with E-state index in [0.29, 0.717) is 5.76 Å². The largest absolute Gasteiger partial charge is 0.465 e. The summed E-state index contributed by atoms with van der Waals surface area (Å²) in [5.41, 5.74) is 0. The first-order chi connectivity index (χ1) is 8.13. The van der Waals surface area contributed by atoms with Crippen LogP contribution in [0.4, 0.5) is 0 Å². The molecule has 0 saturated heterocycles. The monoisotopic (exact) mass is 239 g/mol. The van der Waals surface area contributed by atoms with Gasteiger partial charge >= 0.3 is 0 Å². The van der Waals surface area contributed by atoms with Crippen molar-refractivity contribution in [2.24, 2.45) is 0 Å². The fraction of sp³-hybridized carbons (Fsp3) is 0.417. The van der Waals surface area contributed by atoms with Gasteiger partial charge in [0.25, 0.3) is 0 Å². The number of hydrogen-bond acceptors (Lipinski definition) is 4. The second-order valence-corrected chi connectivity index (χ2v) is 3.68. The predicted octanol–water partition coefficient (Wildman–Crippen LogP) is 0.758.